The molecule has 0 aromatic heterocycles. The maximum atomic E-state index is 10.2. The van der Waals surface area contributed by atoms with Crippen LogP contribution < -0.4 is 10.2 Å². The van der Waals surface area contributed by atoms with Crippen LogP contribution >= 0.6 is 15.9 Å². The first kappa shape index (κ1) is 14.8. The highest BCUT2D eigenvalue weighted by Gasteiger charge is 2.25. The second kappa shape index (κ2) is 6.25. The zero-order chi connectivity index (χ0) is 13.9. The lowest BCUT2D eigenvalue weighted by Crippen LogP contribution is -2.29. The molecule has 19 heavy (non-hydrogen) atoms. The molecule has 1 heterocycles. The number of hydrogen-bond donors (Lipinski definition) is 2. The number of benzene rings is 1. The third kappa shape index (κ3) is 3.94. The molecule has 0 aliphatic carbocycles. The summed E-state index contributed by atoms with van der Waals surface area (Å²) in [6, 6.07) is 6.45. The molecule has 0 spiro atoms. The van der Waals surface area contributed by atoms with Crippen LogP contribution in [0.3, 0.4) is 0 Å². The van der Waals surface area contributed by atoms with Crippen LogP contribution in [0.15, 0.2) is 22.7 Å². The van der Waals surface area contributed by atoms with Crippen molar-refractivity contribution in [3.8, 4) is 0 Å². The molecule has 4 heteroatoms. The summed E-state index contributed by atoms with van der Waals surface area (Å²) in [7, 11) is 1.97. The average molecular weight is 327 g/mol. The van der Waals surface area contributed by atoms with Crippen LogP contribution in [0.25, 0.3) is 0 Å². The Morgan fingerprint density at radius 3 is 2.89 bits per heavy atom. The van der Waals surface area contributed by atoms with E-state index in [0.717, 1.165) is 43.4 Å². The molecular weight excluding hydrogens is 304 g/mol. The van der Waals surface area contributed by atoms with Crippen molar-refractivity contribution < 1.29 is 5.11 Å². The molecule has 0 amide bonds. The topological polar surface area (TPSA) is 35.5 Å². The van der Waals surface area contributed by atoms with E-state index >= 15 is 0 Å². The summed E-state index contributed by atoms with van der Waals surface area (Å²) in [5, 5.41) is 13.4. The van der Waals surface area contributed by atoms with Crippen molar-refractivity contribution in [2.24, 2.45) is 0 Å². The molecule has 106 valence electrons. The van der Waals surface area contributed by atoms with Crippen molar-refractivity contribution in [2.75, 3.05) is 25.0 Å². The molecule has 0 saturated carbocycles. The zero-order valence-corrected chi connectivity index (χ0v) is 13.3. The van der Waals surface area contributed by atoms with Gasteiger partial charge in [-0.05, 0) is 57.0 Å². The van der Waals surface area contributed by atoms with Crippen LogP contribution in [0, 0.1) is 0 Å². The molecule has 1 aliphatic heterocycles. The zero-order valence-electron chi connectivity index (χ0n) is 11.7. The van der Waals surface area contributed by atoms with Gasteiger partial charge in [0.2, 0.25) is 0 Å². The van der Waals surface area contributed by atoms with E-state index < -0.39 is 5.60 Å². The Balaban J connectivity index is 2.21. The summed E-state index contributed by atoms with van der Waals surface area (Å²) in [5.74, 6) is 0. The molecule has 1 saturated heterocycles. The predicted molar refractivity (Wildman–Crippen MR) is 83.6 cm³/mol. The van der Waals surface area contributed by atoms with Crippen LogP contribution in [0.2, 0.25) is 0 Å². The van der Waals surface area contributed by atoms with Crippen molar-refractivity contribution >= 4 is 21.6 Å². The minimum atomic E-state index is -0.507. The molecule has 1 aromatic rings. The first-order valence-electron chi connectivity index (χ1n) is 6.92. The van der Waals surface area contributed by atoms with E-state index in [1.54, 1.807) is 0 Å². The first-order valence-corrected chi connectivity index (χ1v) is 7.71. The van der Waals surface area contributed by atoms with Crippen LogP contribution in [-0.2, 0) is 6.54 Å². The largest absolute Gasteiger partial charge is 0.390 e. The summed E-state index contributed by atoms with van der Waals surface area (Å²) in [4.78, 5) is 2.40. The molecule has 2 rings (SSSR count). The number of anilines is 1. The SMILES string of the molecule is CNCc1cc(Br)ccc1N1CCCC(C)(O)CC1. The Bertz CT molecular complexity index is 434. The summed E-state index contributed by atoms with van der Waals surface area (Å²) in [6.07, 6.45) is 2.77. The molecule has 1 atom stereocenters. The number of nitrogens with zero attached hydrogens (tertiary/aromatic N) is 1. The molecule has 1 fully saturated rings. The maximum Gasteiger partial charge on any atom is 0.0637 e. The molecule has 2 N–H and O–H groups in total. The fourth-order valence-electron chi connectivity index (χ4n) is 2.70. The monoisotopic (exact) mass is 326 g/mol. The smallest absolute Gasteiger partial charge is 0.0637 e. The van der Waals surface area contributed by atoms with Gasteiger partial charge in [0.15, 0.2) is 0 Å². The summed E-state index contributed by atoms with van der Waals surface area (Å²) in [6.45, 7) is 4.76. The second-order valence-corrected chi connectivity index (χ2v) is 6.56. The molecular formula is C15H23BrN2O. The number of nitrogens with one attached hydrogen (secondary N) is 1. The first-order chi connectivity index (χ1) is 9.02. The van der Waals surface area contributed by atoms with Gasteiger partial charge in [-0.15, -0.1) is 0 Å². The fourth-order valence-corrected chi connectivity index (χ4v) is 3.11. The lowest BCUT2D eigenvalue weighted by Gasteiger charge is -2.26. The van der Waals surface area contributed by atoms with Gasteiger partial charge in [0.05, 0.1) is 5.60 Å². The Kier molecular flexibility index (Phi) is 4.87. The van der Waals surface area contributed by atoms with E-state index in [-0.39, 0.29) is 0 Å². The lowest BCUT2D eigenvalue weighted by atomic mass is 9.98. The number of hydrogen-bond acceptors (Lipinski definition) is 3. The number of rotatable bonds is 3. The minimum Gasteiger partial charge on any atom is -0.390 e. The van der Waals surface area contributed by atoms with E-state index in [4.69, 9.17) is 0 Å². The van der Waals surface area contributed by atoms with Crippen LogP contribution in [-0.4, -0.2) is 30.8 Å². The molecule has 1 aromatic carbocycles. The molecule has 0 bridgehead atoms. The maximum absolute atomic E-state index is 10.2. The molecule has 1 unspecified atom stereocenters. The Morgan fingerprint density at radius 2 is 2.16 bits per heavy atom. The second-order valence-electron chi connectivity index (χ2n) is 5.64. The van der Waals surface area contributed by atoms with Crippen LogP contribution in [0.4, 0.5) is 5.69 Å². The number of aliphatic hydroxyl groups is 1. The summed E-state index contributed by atoms with van der Waals surface area (Å²) in [5.41, 5.74) is 2.08. The Hall–Kier alpha value is -0.580. The summed E-state index contributed by atoms with van der Waals surface area (Å²) < 4.78 is 1.11. The number of halogens is 1. The molecule has 0 radical (unpaired) electrons. The standard InChI is InChI=1S/C15H23BrN2O/c1-15(19)6-3-8-18(9-7-15)14-5-4-13(16)10-12(14)11-17-2/h4-5,10,17,19H,3,6-9,11H2,1-2H3. The van der Waals surface area contributed by atoms with Gasteiger partial charge in [-0.3, -0.25) is 0 Å². The van der Waals surface area contributed by atoms with Gasteiger partial charge < -0.3 is 15.3 Å². The van der Waals surface area contributed by atoms with E-state index in [0.29, 0.717) is 0 Å². The fraction of sp³-hybridized carbons (Fsp3) is 0.600. The normalized spacial score (nSPS) is 24.3. The average Bonchev–Trinajstić information content (AvgIpc) is 2.51. The highest BCUT2D eigenvalue weighted by atomic mass is 79.9. The third-order valence-electron chi connectivity index (χ3n) is 3.81. The Morgan fingerprint density at radius 1 is 1.37 bits per heavy atom. The molecule has 1 aliphatic rings. The Labute approximate surface area is 124 Å². The quantitative estimate of drug-likeness (QED) is 0.896. The van der Waals surface area contributed by atoms with E-state index in [1.807, 2.05) is 14.0 Å². The van der Waals surface area contributed by atoms with Crippen molar-refractivity contribution in [3.05, 3.63) is 28.2 Å². The van der Waals surface area contributed by atoms with E-state index in [1.165, 1.54) is 11.3 Å². The van der Waals surface area contributed by atoms with Gasteiger partial charge in [0.25, 0.3) is 0 Å². The van der Waals surface area contributed by atoms with Crippen molar-refractivity contribution in [1.29, 1.82) is 0 Å². The van der Waals surface area contributed by atoms with Gasteiger partial charge in [-0.2, -0.15) is 0 Å². The van der Waals surface area contributed by atoms with E-state index in [2.05, 4.69) is 44.3 Å². The van der Waals surface area contributed by atoms with Gasteiger partial charge in [0, 0.05) is 29.8 Å². The molecule has 3 nitrogen and oxygen atoms in total. The van der Waals surface area contributed by atoms with Gasteiger partial charge >= 0.3 is 0 Å². The van der Waals surface area contributed by atoms with Crippen molar-refractivity contribution in [2.45, 2.75) is 38.3 Å². The predicted octanol–water partition coefficient (Wildman–Crippen LogP) is 2.91. The van der Waals surface area contributed by atoms with Gasteiger partial charge in [0.1, 0.15) is 0 Å². The van der Waals surface area contributed by atoms with Crippen molar-refractivity contribution in [3.63, 3.8) is 0 Å². The van der Waals surface area contributed by atoms with Gasteiger partial charge in [-0.25, -0.2) is 0 Å². The van der Waals surface area contributed by atoms with Crippen LogP contribution in [0.1, 0.15) is 31.7 Å². The van der Waals surface area contributed by atoms with Crippen molar-refractivity contribution in [1.82, 2.24) is 5.32 Å². The lowest BCUT2D eigenvalue weighted by molar-refractivity contribution is 0.0481. The van der Waals surface area contributed by atoms with Gasteiger partial charge in [-0.1, -0.05) is 15.9 Å². The highest BCUT2D eigenvalue weighted by Crippen LogP contribution is 2.29. The summed E-state index contributed by atoms with van der Waals surface area (Å²) >= 11 is 3.54. The van der Waals surface area contributed by atoms with E-state index in [9.17, 15) is 5.11 Å². The third-order valence-corrected chi connectivity index (χ3v) is 4.31. The van der Waals surface area contributed by atoms with Crippen LogP contribution in [0.5, 0.6) is 0 Å². The highest BCUT2D eigenvalue weighted by molar-refractivity contribution is 9.10. The minimum absolute atomic E-state index is 0.507.